The molecule has 0 aliphatic carbocycles. The molecule has 0 saturated heterocycles. The van der Waals surface area contributed by atoms with Crippen LogP contribution in [-0.2, 0) is 28.8 Å². The van der Waals surface area contributed by atoms with E-state index in [1.165, 1.54) is 78.7 Å². The molecule has 0 heterocycles. The molecule has 0 saturated carbocycles. The number of nitrogens with one attached hydrogen (secondary N) is 6. The van der Waals surface area contributed by atoms with Gasteiger partial charge in [-0.2, -0.15) is 0 Å². The summed E-state index contributed by atoms with van der Waals surface area (Å²) in [5.41, 5.74) is 0. The predicted molar refractivity (Wildman–Crippen MR) is 187 cm³/mol. The highest BCUT2D eigenvalue weighted by atomic mass is 16.3. The molecule has 10 N–H and O–H groups in total. The summed E-state index contributed by atoms with van der Waals surface area (Å²) in [4.78, 5) is 75.5. The first-order valence-corrected chi connectivity index (χ1v) is 18.0. The number of carbonyl (C=O) groups is 6. The van der Waals surface area contributed by atoms with Gasteiger partial charge >= 0.3 is 0 Å². The lowest BCUT2D eigenvalue weighted by molar-refractivity contribution is -0.138. The van der Waals surface area contributed by atoms with Crippen LogP contribution in [0.25, 0.3) is 0 Å². The summed E-state index contributed by atoms with van der Waals surface area (Å²) in [6, 6.07) is -7.33. The highest BCUT2D eigenvalue weighted by Gasteiger charge is 2.35. The van der Waals surface area contributed by atoms with E-state index in [0.717, 1.165) is 26.2 Å². The monoisotopic (exact) mass is 716 g/mol. The lowest BCUT2D eigenvalue weighted by Gasteiger charge is -2.28. The van der Waals surface area contributed by atoms with Gasteiger partial charge in [0.2, 0.25) is 35.4 Å². The molecule has 0 aromatic rings. The average Bonchev–Trinajstić information content (AvgIpc) is 3.08. The second-order valence-corrected chi connectivity index (χ2v) is 12.8. The number of carbonyl (C=O) groups excluding carboxylic acids is 6. The molecular formula is C34H64N6O10. The van der Waals surface area contributed by atoms with Crippen LogP contribution >= 0.6 is 0 Å². The zero-order valence-corrected chi connectivity index (χ0v) is 30.6. The minimum Gasteiger partial charge on any atom is -0.394 e. The number of rotatable bonds is 28. The SMILES string of the molecule is CCCCCCCCCCCCCCCC(=O)N[C@@H](C)C(=O)N[C@@H](CO)C(=O)N[C@H](C(=O)N[C@H](C(=O)N[C@@H](CO)C(=O)NC)[C@@H](C)O)[C@@H](C)O. The van der Waals surface area contributed by atoms with Crippen LogP contribution in [0.2, 0.25) is 0 Å². The van der Waals surface area contributed by atoms with E-state index in [-0.39, 0.29) is 12.3 Å². The Hall–Kier alpha value is -3.34. The maximum atomic E-state index is 13.0. The molecule has 7 atom stereocenters. The summed E-state index contributed by atoms with van der Waals surface area (Å²) in [7, 11) is 1.28. The Kier molecular flexibility index (Phi) is 25.6. The molecule has 0 unspecified atom stereocenters. The number of aliphatic hydroxyl groups excluding tert-OH is 4. The van der Waals surface area contributed by atoms with Crippen LogP contribution in [0.4, 0.5) is 0 Å². The van der Waals surface area contributed by atoms with Gasteiger partial charge in [0.25, 0.3) is 0 Å². The van der Waals surface area contributed by atoms with Crippen molar-refractivity contribution in [2.75, 3.05) is 20.3 Å². The van der Waals surface area contributed by atoms with Crippen LogP contribution in [-0.4, -0.2) is 119 Å². The van der Waals surface area contributed by atoms with Crippen molar-refractivity contribution in [1.29, 1.82) is 0 Å². The van der Waals surface area contributed by atoms with Crippen molar-refractivity contribution in [2.45, 2.75) is 160 Å². The molecule has 6 amide bonds. The number of amides is 6. The Morgan fingerprint density at radius 3 is 1.30 bits per heavy atom. The van der Waals surface area contributed by atoms with Crippen molar-refractivity contribution in [3.05, 3.63) is 0 Å². The third kappa shape index (κ3) is 19.7. The molecular weight excluding hydrogens is 652 g/mol. The molecule has 0 radical (unpaired) electrons. The Morgan fingerprint density at radius 1 is 0.500 bits per heavy atom. The summed E-state index contributed by atoms with van der Waals surface area (Å²) in [5.74, 6) is -5.01. The molecule has 0 aromatic heterocycles. The highest BCUT2D eigenvalue weighted by Crippen LogP contribution is 2.13. The second-order valence-electron chi connectivity index (χ2n) is 12.8. The van der Waals surface area contributed by atoms with E-state index in [0.29, 0.717) is 6.42 Å². The Morgan fingerprint density at radius 2 is 0.880 bits per heavy atom. The standard InChI is InChI=1S/C34H64N6O10/c1-6-7-8-9-10-11-12-13-14-15-16-17-18-19-27(45)36-22(2)30(46)37-26(21-42)32(48)39-29(24(4)44)34(50)40-28(23(3)43)33(49)38-25(20-41)31(47)35-5/h22-26,28-29,41-44H,6-21H2,1-5H3,(H,35,47)(H,36,45)(H,37,46)(H,38,49)(H,39,48)(H,40,50)/t22-,23+,24+,25-,26-,28-,29-/m0/s1. The number of aliphatic hydroxyl groups is 4. The maximum Gasteiger partial charge on any atom is 0.245 e. The molecule has 290 valence electrons. The summed E-state index contributed by atoms with van der Waals surface area (Å²) < 4.78 is 0. The van der Waals surface area contributed by atoms with Crippen LogP contribution in [0.1, 0.15) is 118 Å². The smallest absolute Gasteiger partial charge is 0.245 e. The van der Waals surface area contributed by atoms with Crippen molar-refractivity contribution >= 4 is 35.4 Å². The molecule has 0 fully saturated rings. The van der Waals surface area contributed by atoms with Gasteiger partial charge in [-0.3, -0.25) is 28.8 Å². The van der Waals surface area contributed by atoms with Crippen LogP contribution in [0, 0.1) is 0 Å². The van der Waals surface area contributed by atoms with Crippen molar-refractivity contribution in [3.8, 4) is 0 Å². The zero-order valence-electron chi connectivity index (χ0n) is 30.6. The zero-order chi connectivity index (χ0) is 38.1. The van der Waals surface area contributed by atoms with Gasteiger partial charge in [-0.05, 0) is 27.2 Å². The molecule has 16 heteroatoms. The lowest BCUT2D eigenvalue weighted by atomic mass is 10.0. The molecule has 0 bridgehead atoms. The quantitative estimate of drug-likeness (QED) is 0.0460. The maximum absolute atomic E-state index is 13.0. The van der Waals surface area contributed by atoms with E-state index < -0.39 is 85.2 Å². The summed E-state index contributed by atoms with van der Waals surface area (Å²) in [5, 5.41) is 53.1. The van der Waals surface area contributed by atoms with Crippen LogP contribution in [0.5, 0.6) is 0 Å². The van der Waals surface area contributed by atoms with Crippen molar-refractivity contribution < 1.29 is 49.2 Å². The van der Waals surface area contributed by atoms with Crippen LogP contribution < -0.4 is 31.9 Å². The molecule has 0 aromatic carbocycles. The van der Waals surface area contributed by atoms with Crippen LogP contribution in [0.3, 0.4) is 0 Å². The number of likely N-dealkylation sites (N-methyl/N-ethyl adjacent to an activating group) is 1. The molecule has 16 nitrogen and oxygen atoms in total. The fraction of sp³-hybridized carbons (Fsp3) is 0.824. The van der Waals surface area contributed by atoms with Crippen molar-refractivity contribution in [3.63, 3.8) is 0 Å². The first kappa shape index (κ1) is 46.7. The fourth-order valence-corrected chi connectivity index (χ4v) is 5.11. The predicted octanol–water partition coefficient (Wildman–Crippen LogP) is -0.596. The van der Waals surface area contributed by atoms with Crippen molar-refractivity contribution in [1.82, 2.24) is 31.9 Å². The highest BCUT2D eigenvalue weighted by molar-refractivity contribution is 5.96. The van der Waals surface area contributed by atoms with E-state index in [1.54, 1.807) is 0 Å². The van der Waals surface area contributed by atoms with Gasteiger partial charge in [-0.1, -0.05) is 84.0 Å². The molecule has 0 aliphatic rings. The molecule has 0 aliphatic heterocycles. The summed E-state index contributed by atoms with van der Waals surface area (Å²) in [6.45, 7) is 4.32. The Bertz CT molecular complexity index is 1030. The van der Waals surface area contributed by atoms with E-state index in [1.807, 2.05) is 0 Å². The van der Waals surface area contributed by atoms with Gasteiger partial charge in [0.05, 0.1) is 25.4 Å². The minimum absolute atomic E-state index is 0.238. The lowest BCUT2D eigenvalue weighted by Crippen LogP contribution is -2.63. The van der Waals surface area contributed by atoms with Gasteiger partial charge in [0.15, 0.2) is 0 Å². The number of hydrogen-bond acceptors (Lipinski definition) is 10. The number of unbranched alkanes of at least 4 members (excludes halogenated alkanes) is 12. The van der Waals surface area contributed by atoms with Gasteiger partial charge < -0.3 is 52.3 Å². The van der Waals surface area contributed by atoms with Crippen molar-refractivity contribution in [2.24, 2.45) is 0 Å². The molecule has 50 heavy (non-hydrogen) atoms. The molecule has 0 rings (SSSR count). The first-order valence-electron chi connectivity index (χ1n) is 18.0. The topological polar surface area (TPSA) is 256 Å². The van der Waals surface area contributed by atoms with E-state index >= 15 is 0 Å². The Labute approximate surface area is 296 Å². The second kappa shape index (κ2) is 27.4. The third-order valence-electron chi connectivity index (χ3n) is 8.28. The van der Waals surface area contributed by atoms with E-state index in [9.17, 15) is 49.2 Å². The van der Waals surface area contributed by atoms with Crippen LogP contribution in [0.15, 0.2) is 0 Å². The average molecular weight is 717 g/mol. The van der Waals surface area contributed by atoms with Gasteiger partial charge in [0.1, 0.15) is 30.2 Å². The summed E-state index contributed by atoms with van der Waals surface area (Å²) >= 11 is 0. The largest absolute Gasteiger partial charge is 0.394 e. The first-order chi connectivity index (χ1) is 23.7. The normalized spacial score (nSPS) is 15.3. The molecule has 0 spiro atoms. The number of hydrogen-bond donors (Lipinski definition) is 10. The summed E-state index contributed by atoms with van der Waals surface area (Å²) in [6.07, 6.45) is 12.5. The fourth-order valence-electron chi connectivity index (χ4n) is 5.11. The van der Waals surface area contributed by atoms with E-state index in [2.05, 4.69) is 38.8 Å². The van der Waals surface area contributed by atoms with Gasteiger partial charge in [-0.15, -0.1) is 0 Å². The van der Waals surface area contributed by atoms with Gasteiger partial charge in [0, 0.05) is 13.5 Å². The third-order valence-corrected chi connectivity index (χ3v) is 8.28. The Balaban J connectivity index is 4.80. The van der Waals surface area contributed by atoms with E-state index in [4.69, 9.17) is 0 Å². The van der Waals surface area contributed by atoms with Gasteiger partial charge in [-0.25, -0.2) is 0 Å². The minimum atomic E-state index is -1.70.